The van der Waals surface area contributed by atoms with Crippen molar-refractivity contribution in [2.45, 2.75) is 32.7 Å². The normalized spacial score (nSPS) is 30.1. The van der Waals surface area contributed by atoms with Crippen LogP contribution in [0.3, 0.4) is 0 Å². The predicted molar refractivity (Wildman–Crippen MR) is 62.0 cm³/mol. The largest absolute Gasteiger partial charge is 0.381 e. The number of rotatable bonds is 3. The molecule has 0 aromatic rings. The van der Waals surface area contributed by atoms with Crippen molar-refractivity contribution in [3.63, 3.8) is 0 Å². The summed E-state index contributed by atoms with van der Waals surface area (Å²) < 4.78 is 5.27. The highest BCUT2D eigenvalue weighted by Gasteiger charge is 2.45. The first-order chi connectivity index (χ1) is 7.92. The fourth-order valence-corrected chi connectivity index (χ4v) is 2.46. The SMILES string of the molecule is CC1(C)CC(=O)N(CC(N)C2CCOC2)C1=O. The smallest absolute Gasteiger partial charge is 0.235 e. The van der Waals surface area contributed by atoms with Gasteiger partial charge in [0.25, 0.3) is 0 Å². The number of likely N-dealkylation sites (tertiary alicyclic amines) is 1. The highest BCUT2D eigenvalue weighted by molar-refractivity contribution is 6.05. The Morgan fingerprint density at radius 1 is 1.53 bits per heavy atom. The molecule has 5 nitrogen and oxygen atoms in total. The van der Waals surface area contributed by atoms with Crippen LogP contribution in [0.1, 0.15) is 26.7 Å². The number of ether oxygens (including phenoxy) is 1. The highest BCUT2D eigenvalue weighted by atomic mass is 16.5. The molecule has 0 aromatic carbocycles. The van der Waals surface area contributed by atoms with Crippen LogP contribution in [-0.2, 0) is 14.3 Å². The number of nitrogens with zero attached hydrogens (tertiary/aromatic N) is 1. The molecule has 2 atom stereocenters. The van der Waals surface area contributed by atoms with Crippen LogP contribution < -0.4 is 5.73 Å². The van der Waals surface area contributed by atoms with Gasteiger partial charge in [-0.25, -0.2) is 0 Å². The summed E-state index contributed by atoms with van der Waals surface area (Å²) in [5.41, 5.74) is 5.48. The molecule has 2 fully saturated rings. The van der Waals surface area contributed by atoms with Gasteiger partial charge in [0.1, 0.15) is 0 Å². The zero-order chi connectivity index (χ0) is 12.6. The Labute approximate surface area is 101 Å². The van der Waals surface area contributed by atoms with Crippen molar-refractivity contribution in [1.29, 1.82) is 0 Å². The first-order valence-electron chi connectivity index (χ1n) is 6.10. The van der Waals surface area contributed by atoms with Crippen LogP contribution in [0.15, 0.2) is 0 Å². The third-order valence-electron chi connectivity index (χ3n) is 3.68. The topological polar surface area (TPSA) is 72.6 Å². The number of carbonyl (C=O) groups is 2. The molecule has 96 valence electrons. The average Bonchev–Trinajstić information content (AvgIpc) is 2.81. The summed E-state index contributed by atoms with van der Waals surface area (Å²) in [5, 5.41) is 0. The second-order valence-electron chi connectivity index (χ2n) is 5.66. The molecular weight excluding hydrogens is 220 g/mol. The van der Waals surface area contributed by atoms with E-state index < -0.39 is 5.41 Å². The zero-order valence-electron chi connectivity index (χ0n) is 10.4. The molecule has 0 spiro atoms. The van der Waals surface area contributed by atoms with E-state index in [9.17, 15) is 9.59 Å². The fraction of sp³-hybridized carbons (Fsp3) is 0.833. The minimum atomic E-state index is -0.566. The Bertz CT molecular complexity index is 335. The number of amides is 2. The molecule has 0 radical (unpaired) electrons. The number of nitrogens with two attached hydrogens (primary N) is 1. The lowest BCUT2D eigenvalue weighted by Crippen LogP contribution is -2.45. The molecule has 2 N–H and O–H groups in total. The van der Waals surface area contributed by atoms with Gasteiger partial charge in [0, 0.05) is 31.5 Å². The van der Waals surface area contributed by atoms with Crippen LogP contribution in [0.4, 0.5) is 0 Å². The standard InChI is InChI=1S/C12H20N2O3/c1-12(2)5-10(15)14(11(12)16)6-9(13)8-3-4-17-7-8/h8-9H,3-7,13H2,1-2H3. The summed E-state index contributed by atoms with van der Waals surface area (Å²) in [5.74, 6) is 0.0607. The first kappa shape index (κ1) is 12.5. The summed E-state index contributed by atoms with van der Waals surface area (Å²) in [6, 6.07) is -0.167. The molecule has 0 saturated carbocycles. The summed E-state index contributed by atoms with van der Waals surface area (Å²) in [6.45, 7) is 5.30. The van der Waals surface area contributed by atoms with Crippen molar-refractivity contribution in [3.8, 4) is 0 Å². The second-order valence-corrected chi connectivity index (χ2v) is 5.66. The first-order valence-corrected chi connectivity index (χ1v) is 6.10. The number of imide groups is 1. The van der Waals surface area contributed by atoms with Gasteiger partial charge in [0.2, 0.25) is 11.8 Å². The number of hydrogen-bond acceptors (Lipinski definition) is 4. The quantitative estimate of drug-likeness (QED) is 0.712. The van der Waals surface area contributed by atoms with Gasteiger partial charge in [-0.2, -0.15) is 0 Å². The van der Waals surface area contributed by atoms with E-state index in [1.54, 1.807) is 13.8 Å². The lowest BCUT2D eigenvalue weighted by Gasteiger charge is -2.24. The maximum atomic E-state index is 12.0. The van der Waals surface area contributed by atoms with E-state index in [1.165, 1.54) is 4.90 Å². The highest BCUT2D eigenvalue weighted by Crippen LogP contribution is 2.32. The van der Waals surface area contributed by atoms with Gasteiger partial charge in [-0.15, -0.1) is 0 Å². The Morgan fingerprint density at radius 2 is 2.24 bits per heavy atom. The monoisotopic (exact) mass is 240 g/mol. The van der Waals surface area contributed by atoms with Crippen LogP contribution in [0, 0.1) is 11.3 Å². The Hall–Kier alpha value is -0.940. The molecule has 0 aliphatic carbocycles. The predicted octanol–water partition coefficient (Wildman–Crippen LogP) is 0.135. The van der Waals surface area contributed by atoms with E-state index in [0.29, 0.717) is 19.6 Å². The van der Waals surface area contributed by atoms with E-state index in [-0.39, 0.29) is 23.8 Å². The van der Waals surface area contributed by atoms with Gasteiger partial charge in [0.05, 0.1) is 12.0 Å². The zero-order valence-corrected chi connectivity index (χ0v) is 10.4. The molecule has 2 heterocycles. The van der Waals surface area contributed by atoms with Gasteiger partial charge < -0.3 is 10.5 Å². The minimum absolute atomic E-state index is 0.100. The van der Waals surface area contributed by atoms with Gasteiger partial charge in [-0.3, -0.25) is 14.5 Å². The average molecular weight is 240 g/mol. The lowest BCUT2D eigenvalue weighted by atomic mass is 9.92. The van der Waals surface area contributed by atoms with E-state index in [0.717, 1.165) is 13.0 Å². The number of hydrogen-bond donors (Lipinski definition) is 1. The van der Waals surface area contributed by atoms with Crippen LogP contribution in [0.5, 0.6) is 0 Å². The van der Waals surface area contributed by atoms with Crippen LogP contribution in [-0.4, -0.2) is 42.5 Å². The van der Waals surface area contributed by atoms with Crippen molar-refractivity contribution in [2.24, 2.45) is 17.1 Å². The van der Waals surface area contributed by atoms with Crippen molar-refractivity contribution in [3.05, 3.63) is 0 Å². The molecular formula is C12H20N2O3. The van der Waals surface area contributed by atoms with Crippen LogP contribution in [0.25, 0.3) is 0 Å². The van der Waals surface area contributed by atoms with Crippen molar-refractivity contribution >= 4 is 11.8 Å². The summed E-state index contributed by atoms with van der Waals surface area (Å²) in [7, 11) is 0. The fourth-order valence-electron chi connectivity index (χ4n) is 2.46. The van der Waals surface area contributed by atoms with Gasteiger partial charge in [-0.05, 0) is 6.42 Å². The Balaban J connectivity index is 1.99. The Kier molecular flexibility index (Phi) is 3.23. The molecule has 2 amide bonds. The van der Waals surface area contributed by atoms with Crippen molar-refractivity contribution in [2.75, 3.05) is 19.8 Å². The molecule has 2 rings (SSSR count). The summed E-state index contributed by atoms with van der Waals surface area (Å²) in [6.07, 6.45) is 1.21. The molecule has 2 unspecified atom stereocenters. The van der Waals surface area contributed by atoms with Crippen molar-refractivity contribution < 1.29 is 14.3 Å². The van der Waals surface area contributed by atoms with Crippen LogP contribution in [0.2, 0.25) is 0 Å². The molecule has 2 saturated heterocycles. The van der Waals surface area contributed by atoms with E-state index >= 15 is 0 Å². The molecule has 2 aliphatic rings. The molecule has 0 bridgehead atoms. The molecule has 0 aromatic heterocycles. The maximum absolute atomic E-state index is 12.0. The third-order valence-corrected chi connectivity index (χ3v) is 3.68. The summed E-state index contributed by atoms with van der Waals surface area (Å²) in [4.78, 5) is 25.1. The van der Waals surface area contributed by atoms with E-state index in [2.05, 4.69) is 0 Å². The molecule has 17 heavy (non-hydrogen) atoms. The van der Waals surface area contributed by atoms with E-state index in [4.69, 9.17) is 10.5 Å². The second kappa shape index (κ2) is 4.38. The van der Waals surface area contributed by atoms with Gasteiger partial charge in [0.15, 0.2) is 0 Å². The van der Waals surface area contributed by atoms with Crippen molar-refractivity contribution in [1.82, 2.24) is 4.90 Å². The summed E-state index contributed by atoms with van der Waals surface area (Å²) >= 11 is 0. The minimum Gasteiger partial charge on any atom is -0.381 e. The van der Waals surface area contributed by atoms with Crippen LogP contribution >= 0.6 is 0 Å². The maximum Gasteiger partial charge on any atom is 0.235 e. The third kappa shape index (κ3) is 2.35. The van der Waals surface area contributed by atoms with Gasteiger partial charge >= 0.3 is 0 Å². The van der Waals surface area contributed by atoms with Gasteiger partial charge in [-0.1, -0.05) is 13.8 Å². The Morgan fingerprint density at radius 3 is 2.71 bits per heavy atom. The van der Waals surface area contributed by atoms with E-state index in [1.807, 2.05) is 0 Å². The lowest BCUT2D eigenvalue weighted by molar-refractivity contribution is -0.141. The molecule has 2 aliphatic heterocycles. The molecule has 5 heteroatoms. The number of carbonyl (C=O) groups excluding carboxylic acids is 2.